The van der Waals surface area contributed by atoms with Gasteiger partial charge < -0.3 is 15.3 Å². The summed E-state index contributed by atoms with van der Waals surface area (Å²) >= 11 is 6.26. The molecule has 1 aromatic heterocycles. The Bertz CT molecular complexity index is 1700. The predicted molar refractivity (Wildman–Crippen MR) is 147 cm³/mol. The average molecular weight is 511 g/mol. The van der Waals surface area contributed by atoms with Crippen molar-refractivity contribution in [1.29, 1.82) is 0 Å². The molecule has 0 amide bonds. The zero-order valence-corrected chi connectivity index (χ0v) is 20.9. The molecule has 0 spiro atoms. The zero-order valence-electron chi connectivity index (χ0n) is 20.1. The lowest BCUT2D eigenvalue weighted by Crippen LogP contribution is -1.99. The van der Waals surface area contributed by atoms with Crippen LogP contribution < -0.4 is 0 Å². The molecule has 3 N–H and O–H groups in total. The number of carboxylic acid groups (broad SMARTS) is 1. The highest BCUT2D eigenvalue weighted by molar-refractivity contribution is 6.31. The van der Waals surface area contributed by atoms with Gasteiger partial charge in [-0.05, 0) is 55.8 Å². The van der Waals surface area contributed by atoms with Crippen molar-refractivity contribution in [3.8, 4) is 28.4 Å². The molecular formula is C30H23ClN2O4. The van der Waals surface area contributed by atoms with Gasteiger partial charge in [0.05, 0.1) is 16.6 Å². The summed E-state index contributed by atoms with van der Waals surface area (Å²) in [6.45, 7) is 4.01. The van der Waals surface area contributed by atoms with Gasteiger partial charge in [-0.25, -0.2) is 4.79 Å². The van der Waals surface area contributed by atoms with Gasteiger partial charge in [-0.3, -0.25) is 9.56 Å². The van der Waals surface area contributed by atoms with Crippen LogP contribution in [0.25, 0.3) is 27.7 Å². The van der Waals surface area contributed by atoms with Crippen molar-refractivity contribution in [2.75, 3.05) is 0 Å². The monoisotopic (exact) mass is 510 g/mol. The number of fused-ring (bicyclic) bond motifs is 1. The van der Waals surface area contributed by atoms with Crippen LogP contribution >= 0.6 is 11.6 Å². The minimum Gasteiger partial charge on any atom is -0.505 e. The van der Waals surface area contributed by atoms with Crippen LogP contribution in [0.2, 0.25) is 5.02 Å². The van der Waals surface area contributed by atoms with Crippen molar-refractivity contribution in [1.82, 2.24) is 4.57 Å². The van der Waals surface area contributed by atoms with E-state index in [1.807, 2.05) is 38.1 Å². The fourth-order valence-corrected chi connectivity index (χ4v) is 4.74. The van der Waals surface area contributed by atoms with Crippen LogP contribution in [0.15, 0.2) is 83.9 Å². The number of hydrogen-bond acceptors (Lipinski definition) is 4. The first-order chi connectivity index (χ1) is 17.7. The number of benzene rings is 4. The average Bonchev–Trinajstić information content (AvgIpc) is 3.13. The molecule has 0 aliphatic rings. The highest BCUT2D eigenvalue weighted by atomic mass is 35.5. The van der Waals surface area contributed by atoms with E-state index in [2.05, 4.69) is 11.1 Å². The third kappa shape index (κ3) is 4.55. The van der Waals surface area contributed by atoms with Crippen molar-refractivity contribution in [2.24, 2.45) is 4.99 Å². The Morgan fingerprint density at radius 3 is 2.38 bits per heavy atom. The molecule has 6 nitrogen and oxygen atoms in total. The van der Waals surface area contributed by atoms with Gasteiger partial charge in [-0.1, -0.05) is 65.2 Å². The van der Waals surface area contributed by atoms with Gasteiger partial charge in [-0.2, -0.15) is 0 Å². The summed E-state index contributed by atoms with van der Waals surface area (Å²) in [5.74, 6) is -1.17. The molecular weight excluding hydrogens is 488 g/mol. The molecule has 0 bridgehead atoms. The van der Waals surface area contributed by atoms with E-state index < -0.39 is 5.97 Å². The summed E-state index contributed by atoms with van der Waals surface area (Å²) in [5.41, 5.74) is 5.61. The molecule has 7 heteroatoms. The number of aryl methyl sites for hydroxylation is 2. The first kappa shape index (κ1) is 24.2. The van der Waals surface area contributed by atoms with Crippen molar-refractivity contribution in [3.63, 3.8) is 0 Å². The summed E-state index contributed by atoms with van der Waals surface area (Å²) in [6, 6.07) is 22.9. The second-order valence-corrected chi connectivity index (χ2v) is 9.33. The van der Waals surface area contributed by atoms with E-state index in [-0.39, 0.29) is 17.2 Å². The molecule has 0 fully saturated rings. The van der Waals surface area contributed by atoms with Crippen LogP contribution in [0.4, 0.5) is 5.69 Å². The maximum absolute atomic E-state index is 11.5. The maximum Gasteiger partial charge on any atom is 0.335 e. The molecule has 5 rings (SSSR count). The Kier molecular flexibility index (Phi) is 6.19. The van der Waals surface area contributed by atoms with E-state index >= 15 is 0 Å². The number of para-hydroxylation sites is 1. The van der Waals surface area contributed by atoms with Crippen molar-refractivity contribution in [2.45, 2.75) is 13.8 Å². The maximum atomic E-state index is 11.5. The van der Waals surface area contributed by atoms with Crippen LogP contribution in [-0.2, 0) is 0 Å². The first-order valence-electron chi connectivity index (χ1n) is 11.5. The SMILES string of the molecule is Cc1cc(C)cc(-c2cccc(N=Cc3c(O)n(-c4cccc(C(=O)O)c4)c4cc(Cl)ccc34)c2O)c1. The third-order valence-corrected chi connectivity index (χ3v) is 6.41. The summed E-state index contributed by atoms with van der Waals surface area (Å²) < 4.78 is 1.53. The van der Waals surface area contributed by atoms with E-state index in [9.17, 15) is 20.1 Å². The number of carboxylic acids is 1. The van der Waals surface area contributed by atoms with Crippen molar-refractivity contribution in [3.05, 3.63) is 106 Å². The van der Waals surface area contributed by atoms with Crippen LogP contribution in [0.1, 0.15) is 27.0 Å². The van der Waals surface area contributed by atoms with Gasteiger partial charge in [0, 0.05) is 27.9 Å². The lowest BCUT2D eigenvalue weighted by atomic mass is 9.99. The molecule has 0 aliphatic heterocycles. The molecule has 184 valence electrons. The van der Waals surface area contributed by atoms with E-state index in [0.717, 1.165) is 16.7 Å². The van der Waals surface area contributed by atoms with Crippen LogP contribution in [0.5, 0.6) is 11.6 Å². The van der Waals surface area contributed by atoms with Crippen molar-refractivity contribution >= 4 is 40.4 Å². The van der Waals surface area contributed by atoms with Crippen LogP contribution in [0.3, 0.4) is 0 Å². The number of carbonyl (C=O) groups is 1. The van der Waals surface area contributed by atoms with E-state index in [4.69, 9.17) is 11.6 Å². The number of hydrogen-bond donors (Lipinski definition) is 3. The second-order valence-electron chi connectivity index (χ2n) is 8.90. The quantitative estimate of drug-likeness (QED) is 0.214. The Morgan fingerprint density at radius 1 is 0.919 bits per heavy atom. The Morgan fingerprint density at radius 2 is 1.65 bits per heavy atom. The standard InChI is InChI=1S/C30H23ClN2O4/c1-17-11-18(2)13-20(12-17)23-7-4-8-26(28(23)34)32-16-25-24-10-9-21(31)15-27(24)33(29(25)35)22-6-3-5-19(14-22)30(36)37/h3-16,34-35H,1-2H3,(H,36,37). The number of phenols is 1. The zero-order chi connectivity index (χ0) is 26.3. The number of aromatic carboxylic acids is 1. The number of aromatic nitrogens is 1. The van der Waals surface area contributed by atoms with Crippen molar-refractivity contribution < 1.29 is 20.1 Å². The van der Waals surface area contributed by atoms with E-state index in [0.29, 0.717) is 38.4 Å². The summed E-state index contributed by atoms with van der Waals surface area (Å²) in [5, 5.41) is 32.8. The summed E-state index contributed by atoms with van der Waals surface area (Å²) in [6.07, 6.45) is 1.49. The molecule has 37 heavy (non-hydrogen) atoms. The molecule has 1 heterocycles. The number of nitrogens with zero attached hydrogens (tertiary/aromatic N) is 2. The number of phenolic OH excluding ortho intramolecular Hbond substituents is 1. The predicted octanol–water partition coefficient (Wildman–Crippen LogP) is 7.43. The highest BCUT2D eigenvalue weighted by Crippen LogP contribution is 2.39. The lowest BCUT2D eigenvalue weighted by Gasteiger charge is -2.09. The van der Waals surface area contributed by atoms with Gasteiger partial charge in [0.25, 0.3) is 0 Å². The molecule has 0 unspecified atom stereocenters. The molecule has 4 aromatic carbocycles. The van der Waals surface area contributed by atoms with Crippen LogP contribution in [-0.4, -0.2) is 32.1 Å². The third-order valence-electron chi connectivity index (χ3n) is 6.18. The fraction of sp³-hybridized carbons (Fsp3) is 0.0667. The van der Waals surface area contributed by atoms with Gasteiger partial charge in [-0.15, -0.1) is 0 Å². The summed E-state index contributed by atoms with van der Waals surface area (Å²) in [4.78, 5) is 16.0. The first-order valence-corrected chi connectivity index (χ1v) is 11.9. The Balaban J connectivity index is 1.64. The van der Waals surface area contributed by atoms with Crippen LogP contribution in [0, 0.1) is 13.8 Å². The number of halogens is 1. The molecule has 0 saturated carbocycles. The number of aliphatic imine (C=N–C) groups is 1. The van der Waals surface area contributed by atoms with Gasteiger partial charge in [0.1, 0.15) is 11.4 Å². The fourth-order valence-electron chi connectivity index (χ4n) is 4.57. The van der Waals surface area contributed by atoms with E-state index in [1.54, 1.807) is 36.4 Å². The normalized spacial score (nSPS) is 11.4. The second kappa shape index (κ2) is 9.48. The number of aromatic hydroxyl groups is 2. The van der Waals surface area contributed by atoms with Gasteiger partial charge in [0.2, 0.25) is 5.88 Å². The molecule has 5 aromatic rings. The smallest absolute Gasteiger partial charge is 0.335 e. The molecule has 0 atom stereocenters. The highest BCUT2D eigenvalue weighted by Gasteiger charge is 2.18. The minimum atomic E-state index is -1.07. The lowest BCUT2D eigenvalue weighted by molar-refractivity contribution is 0.0697. The molecule has 0 radical (unpaired) electrons. The van der Waals surface area contributed by atoms with Gasteiger partial charge >= 0.3 is 5.97 Å². The van der Waals surface area contributed by atoms with Gasteiger partial charge in [0.15, 0.2) is 0 Å². The topological polar surface area (TPSA) is 95.1 Å². The number of rotatable bonds is 5. The minimum absolute atomic E-state index is 0.0316. The molecule has 0 aliphatic carbocycles. The van der Waals surface area contributed by atoms with E-state index in [1.165, 1.54) is 22.9 Å². The Labute approximate surface area is 218 Å². The molecule has 0 saturated heterocycles. The Hall–Kier alpha value is -4.55. The summed E-state index contributed by atoms with van der Waals surface area (Å²) in [7, 11) is 0. The largest absolute Gasteiger partial charge is 0.505 e.